The zero-order valence-electron chi connectivity index (χ0n) is 15.0. The van der Waals surface area contributed by atoms with Gasteiger partial charge >= 0.3 is 0 Å². The van der Waals surface area contributed by atoms with Crippen molar-refractivity contribution in [3.63, 3.8) is 0 Å². The molecule has 3 rings (SSSR count). The topological polar surface area (TPSA) is 54.5 Å². The Balaban J connectivity index is 1.51. The van der Waals surface area contributed by atoms with E-state index in [1.807, 2.05) is 19.9 Å². The molecule has 1 N–H and O–H groups in total. The van der Waals surface area contributed by atoms with Crippen molar-refractivity contribution in [2.24, 2.45) is 0 Å². The number of carbonyl (C=O) groups is 1. The van der Waals surface area contributed by atoms with E-state index in [0.29, 0.717) is 25.0 Å². The van der Waals surface area contributed by atoms with Crippen molar-refractivity contribution in [3.05, 3.63) is 23.9 Å². The zero-order valence-corrected chi connectivity index (χ0v) is 15.0. The molecule has 24 heavy (non-hydrogen) atoms. The van der Waals surface area contributed by atoms with Gasteiger partial charge in [-0.15, -0.1) is 0 Å². The van der Waals surface area contributed by atoms with E-state index in [0.717, 1.165) is 18.8 Å². The molecule has 0 bridgehead atoms. The van der Waals surface area contributed by atoms with Gasteiger partial charge in [0.2, 0.25) is 11.8 Å². The lowest BCUT2D eigenvalue weighted by Gasteiger charge is -2.28. The number of hydrogen-bond donors (Lipinski definition) is 1. The molecule has 1 saturated heterocycles. The van der Waals surface area contributed by atoms with Crippen molar-refractivity contribution in [3.8, 4) is 5.88 Å². The molecule has 0 spiro atoms. The summed E-state index contributed by atoms with van der Waals surface area (Å²) in [6.07, 6.45) is 7.07. The SMILES string of the molecule is CN1CCC[C@H]1CC(=O)NC(C)(C)COc1ncccc1C1CC1. The first-order valence-electron chi connectivity index (χ1n) is 9.03. The van der Waals surface area contributed by atoms with E-state index in [1.165, 1.54) is 24.8 Å². The van der Waals surface area contributed by atoms with Gasteiger partial charge in [-0.1, -0.05) is 6.07 Å². The van der Waals surface area contributed by atoms with E-state index >= 15 is 0 Å². The van der Waals surface area contributed by atoms with Crippen molar-refractivity contribution in [1.82, 2.24) is 15.2 Å². The van der Waals surface area contributed by atoms with Gasteiger partial charge in [0, 0.05) is 24.2 Å². The first-order valence-corrected chi connectivity index (χ1v) is 9.03. The lowest BCUT2D eigenvalue weighted by molar-refractivity contribution is -0.124. The molecule has 0 unspecified atom stereocenters. The van der Waals surface area contributed by atoms with Crippen LogP contribution in [0.2, 0.25) is 0 Å². The molecule has 2 fully saturated rings. The second-order valence-corrected chi connectivity index (χ2v) is 7.87. The van der Waals surface area contributed by atoms with E-state index < -0.39 is 5.54 Å². The Morgan fingerprint density at radius 1 is 1.42 bits per heavy atom. The van der Waals surface area contributed by atoms with Gasteiger partial charge in [-0.25, -0.2) is 4.98 Å². The molecule has 0 radical (unpaired) electrons. The van der Waals surface area contributed by atoms with Crippen LogP contribution in [0.15, 0.2) is 18.3 Å². The molecular weight excluding hydrogens is 302 g/mol. The Bertz CT molecular complexity index is 584. The number of carbonyl (C=O) groups excluding carboxylic acids is 1. The normalized spacial score (nSPS) is 21.7. The molecule has 2 aliphatic rings. The van der Waals surface area contributed by atoms with Gasteiger partial charge in [0.1, 0.15) is 6.61 Å². The van der Waals surface area contributed by atoms with Gasteiger partial charge in [-0.05, 0) is 65.1 Å². The minimum Gasteiger partial charge on any atom is -0.475 e. The molecule has 5 heteroatoms. The first-order chi connectivity index (χ1) is 11.4. The maximum absolute atomic E-state index is 12.3. The van der Waals surface area contributed by atoms with E-state index in [1.54, 1.807) is 6.20 Å². The quantitative estimate of drug-likeness (QED) is 0.835. The number of likely N-dealkylation sites (tertiary alicyclic amines) is 1. The Morgan fingerprint density at radius 2 is 2.21 bits per heavy atom. The van der Waals surface area contributed by atoms with E-state index in [9.17, 15) is 4.79 Å². The van der Waals surface area contributed by atoms with Gasteiger partial charge in [0.05, 0.1) is 5.54 Å². The Kier molecular flexibility index (Phi) is 5.09. The van der Waals surface area contributed by atoms with Crippen LogP contribution in [0, 0.1) is 0 Å². The summed E-state index contributed by atoms with van der Waals surface area (Å²) >= 11 is 0. The molecule has 1 amide bonds. The van der Waals surface area contributed by atoms with Crippen LogP contribution in [0.5, 0.6) is 5.88 Å². The van der Waals surface area contributed by atoms with Gasteiger partial charge in [0.15, 0.2) is 0 Å². The fourth-order valence-corrected chi connectivity index (χ4v) is 3.39. The Labute approximate surface area is 144 Å². The summed E-state index contributed by atoms with van der Waals surface area (Å²) in [6, 6.07) is 4.44. The smallest absolute Gasteiger partial charge is 0.222 e. The molecule has 1 aromatic rings. The number of pyridine rings is 1. The van der Waals surface area contributed by atoms with Crippen LogP contribution in [0.3, 0.4) is 0 Å². The second-order valence-electron chi connectivity index (χ2n) is 7.87. The predicted molar refractivity (Wildman–Crippen MR) is 94.2 cm³/mol. The lowest BCUT2D eigenvalue weighted by atomic mass is 10.1. The number of nitrogens with one attached hydrogen (secondary N) is 1. The average Bonchev–Trinajstić information content (AvgIpc) is 3.30. The fraction of sp³-hybridized carbons (Fsp3) is 0.684. The van der Waals surface area contributed by atoms with Crippen LogP contribution < -0.4 is 10.1 Å². The molecule has 5 nitrogen and oxygen atoms in total. The highest BCUT2D eigenvalue weighted by molar-refractivity contribution is 5.77. The maximum atomic E-state index is 12.3. The lowest BCUT2D eigenvalue weighted by Crippen LogP contribution is -2.49. The number of hydrogen-bond acceptors (Lipinski definition) is 4. The van der Waals surface area contributed by atoms with E-state index in [-0.39, 0.29) is 5.91 Å². The summed E-state index contributed by atoms with van der Waals surface area (Å²) in [6.45, 7) is 5.52. The number of amides is 1. The molecule has 1 saturated carbocycles. The van der Waals surface area contributed by atoms with Gasteiger partial charge in [-0.3, -0.25) is 4.79 Å². The van der Waals surface area contributed by atoms with Crippen molar-refractivity contribution in [2.75, 3.05) is 20.2 Å². The van der Waals surface area contributed by atoms with Crippen molar-refractivity contribution in [1.29, 1.82) is 0 Å². The average molecular weight is 331 g/mol. The Hall–Kier alpha value is -1.62. The van der Waals surface area contributed by atoms with Crippen LogP contribution >= 0.6 is 0 Å². The van der Waals surface area contributed by atoms with Gasteiger partial charge in [-0.2, -0.15) is 0 Å². The van der Waals surface area contributed by atoms with Crippen LogP contribution in [-0.2, 0) is 4.79 Å². The minimum atomic E-state index is -0.410. The zero-order chi connectivity index (χ0) is 17.2. The standard InChI is InChI=1S/C19H29N3O2/c1-19(2,21-17(23)12-15-6-5-11-22(15)3)13-24-18-16(14-8-9-14)7-4-10-20-18/h4,7,10,14-15H,5-6,8-9,11-13H2,1-3H3,(H,21,23)/t15-/m0/s1. The summed E-state index contributed by atoms with van der Waals surface area (Å²) in [5.74, 6) is 1.42. The molecular formula is C19H29N3O2. The molecule has 1 atom stereocenters. The third kappa shape index (κ3) is 4.47. The van der Waals surface area contributed by atoms with Crippen LogP contribution in [0.25, 0.3) is 0 Å². The van der Waals surface area contributed by atoms with Crippen molar-refractivity contribution in [2.45, 2.75) is 63.5 Å². The third-order valence-corrected chi connectivity index (χ3v) is 4.96. The van der Waals surface area contributed by atoms with Crippen LogP contribution in [0.4, 0.5) is 0 Å². The predicted octanol–water partition coefficient (Wildman–Crippen LogP) is 2.72. The third-order valence-electron chi connectivity index (χ3n) is 4.96. The number of ether oxygens (including phenoxy) is 1. The second kappa shape index (κ2) is 7.09. The summed E-state index contributed by atoms with van der Waals surface area (Å²) in [7, 11) is 2.10. The highest BCUT2D eigenvalue weighted by Crippen LogP contribution is 2.43. The summed E-state index contributed by atoms with van der Waals surface area (Å²) in [5.41, 5.74) is 0.791. The highest BCUT2D eigenvalue weighted by Gasteiger charge is 2.30. The molecule has 0 aromatic carbocycles. The summed E-state index contributed by atoms with van der Waals surface area (Å²) < 4.78 is 5.96. The van der Waals surface area contributed by atoms with Crippen molar-refractivity contribution < 1.29 is 9.53 Å². The monoisotopic (exact) mass is 331 g/mol. The first kappa shape index (κ1) is 17.2. The number of nitrogens with zero attached hydrogens (tertiary/aromatic N) is 2. The van der Waals surface area contributed by atoms with E-state index in [2.05, 4.69) is 28.3 Å². The molecule has 1 aliphatic carbocycles. The Morgan fingerprint density at radius 3 is 2.88 bits per heavy atom. The van der Waals surface area contributed by atoms with E-state index in [4.69, 9.17) is 4.74 Å². The van der Waals surface area contributed by atoms with Crippen molar-refractivity contribution >= 4 is 5.91 Å². The molecule has 1 aromatic heterocycles. The largest absolute Gasteiger partial charge is 0.475 e. The summed E-state index contributed by atoms with van der Waals surface area (Å²) in [5, 5.41) is 3.12. The number of rotatable bonds is 7. The van der Waals surface area contributed by atoms with Crippen LogP contribution in [0.1, 0.15) is 57.4 Å². The summed E-state index contributed by atoms with van der Waals surface area (Å²) in [4.78, 5) is 19.0. The van der Waals surface area contributed by atoms with Gasteiger partial charge in [0.25, 0.3) is 0 Å². The molecule has 132 valence electrons. The van der Waals surface area contributed by atoms with Crippen LogP contribution in [-0.4, -0.2) is 47.6 Å². The molecule has 1 aliphatic heterocycles. The molecule has 2 heterocycles. The minimum absolute atomic E-state index is 0.103. The fourth-order valence-electron chi connectivity index (χ4n) is 3.39. The maximum Gasteiger partial charge on any atom is 0.222 e. The number of aromatic nitrogens is 1. The van der Waals surface area contributed by atoms with Gasteiger partial charge < -0.3 is 15.0 Å². The highest BCUT2D eigenvalue weighted by atomic mass is 16.5.